The Kier molecular flexibility index (Phi) is 4.69. The Balaban J connectivity index is 1.60. The average molecular weight is 365 g/mol. The average Bonchev–Trinajstić information content (AvgIpc) is 3.15. The van der Waals surface area contributed by atoms with Crippen LogP contribution in [0.4, 0.5) is 10.1 Å². The SMILES string of the molecule is Cc1cc(F)cc2c(NCc3cn(C4CCNCC4)nn3)c(C#N)cnc12. The zero-order chi connectivity index (χ0) is 18.8. The van der Waals surface area contributed by atoms with Crippen molar-refractivity contribution in [3.8, 4) is 6.07 Å². The van der Waals surface area contributed by atoms with Gasteiger partial charge in [0.05, 0.1) is 35.6 Å². The van der Waals surface area contributed by atoms with Gasteiger partial charge >= 0.3 is 0 Å². The first-order valence-corrected chi connectivity index (χ1v) is 9.00. The summed E-state index contributed by atoms with van der Waals surface area (Å²) >= 11 is 0. The first kappa shape index (κ1) is 17.4. The van der Waals surface area contributed by atoms with Gasteiger partial charge < -0.3 is 10.6 Å². The smallest absolute Gasteiger partial charge is 0.124 e. The first-order chi connectivity index (χ1) is 13.2. The van der Waals surface area contributed by atoms with Gasteiger partial charge in [-0.15, -0.1) is 5.10 Å². The van der Waals surface area contributed by atoms with Crippen LogP contribution in [0.2, 0.25) is 0 Å². The summed E-state index contributed by atoms with van der Waals surface area (Å²) in [6.45, 7) is 4.17. The van der Waals surface area contributed by atoms with Crippen LogP contribution >= 0.6 is 0 Å². The van der Waals surface area contributed by atoms with Crippen molar-refractivity contribution in [2.45, 2.75) is 32.4 Å². The number of aromatic nitrogens is 4. The van der Waals surface area contributed by atoms with E-state index >= 15 is 0 Å². The number of pyridine rings is 1. The number of anilines is 1. The predicted molar refractivity (Wildman–Crippen MR) is 99.6 cm³/mol. The lowest BCUT2D eigenvalue weighted by Crippen LogP contribution is -2.29. The Morgan fingerprint density at radius 2 is 2.19 bits per heavy atom. The number of fused-ring (bicyclic) bond motifs is 1. The molecule has 0 radical (unpaired) electrons. The monoisotopic (exact) mass is 365 g/mol. The van der Waals surface area contributed by atoms with E-state index in [1.165, 1.54) is 18.3 Å². The number of hydrogen-bond acceptors (Lipinski definition) is 6. The van der Waals surface area contributed by atoms with Gasteiger partial charge in [-0.25, -0.2) is 9.07 Å². The third-order valence-corrected chi connectivity index (χ3v) is 4.93. The molecule has 0 spiro atoms. The van der Waals surface area contributed by atoms with E-state index in [9.17, 15) is 9.65 Å². The second-order valence-corrected chi connectivity index (χ2v) is 6.80. The molecule has 3 aromatic rings. The van der Waals surface area contributed by atoms with Crippen LogP contribution in [0.3, 0.4) is 0 Å². The Labute approximate surface area is 156 Å². The summed E-state index contributed by atoms with van der Waals surface area (Å²) in [6, 6.07) is 5.33. The first-order valence-electron chi connectivity index (χ1n) is 9.00. The molecule has 8 heteroatoms. The van der Waals surface area contributed by atoms with Gasteiger partial charge in [0, 0.05) is 11.6 Å². The van der Waals surface area contributed by atoms with E-state index in [1.807, 2.05) is 10.9 Å². The van der Waals surface area contributed by atoms with Crippen LogP contribution in [-0.2, 0) is 6.54 Å². The van der Waals surface area contributed by atoms with Gasteiger partial charge in [-0.3, -0.25) is 4.98 Å². The molecule has 0 unspecified atom stereocenters. The van der Waals surface area contributed by atoms with Crippen molar-refractivity contribution in [2.75, 3.05) is 18.4 Å². The van der Waals surface area contributed by atoms with Crippen molar-refractivity contribution in [2.24, 2.45) is 0 Å². The van der Waals surface area contributed by atoms with E-state index in [2.05, 4.69) is 32.0 Å². The van der Waals surface area contributed by atoms with Gasteiger partial charge in [0.1, 0.15) is 17.6 Å². The molecule has 1 aromatic carbocycles. The molecular weight excluding hydrogens is 345 g/mol. The molecule has 0 atom stereocenters. The van der Waals surface area contributed by atoms with Gasteiger partial charge in [-0.1, -0.05) is 5.21 Å². The van der Waals surface area contributed by atoms with E-state index in [-0.39, 0.29) is 5.82 Å². The quantitative estimate of drug-likeness (QED) is 0.739. The Morgan fingerprint density at radius 3 is 2.96 bits per heavy atom. The molecule has 1 fully saturated rings. The zero-order valence-electron chi connectivity index (χ0n) is 15.0. The lowest BCUT2D eigenvalue weighted by atomic mass is 10.1. The fourth-order valence-corrected chi connectivity index (χ4v) is 3.53. The lowest BCUT2D eigenvalue weighted by molar-refractivity contribution is 0.337. The van der Waals surface area contributed by atoms with Crippen LogP contribution in [0.25, 0.3) is 10.9 Å². The maximum absolute atomic E-state index is 13.9. The number of hydrogen-bond donors (Lipinski definition) is 2. The zero-order valence-corrected chi connectivity index (χ0v) is 15.0. The van der Waals surface area contributed by atoms with Crippen molar-refractivity contribution < 1.29 is 4.39 Å². The molecule has 1 aliphatic rings. The van der Waals surface area contributed by atoms with Crippen molar-refractivity contribution in [3.63, 3.8) is 0 Å². The maximum atomic E-state index is 13.9. The Morgan fingerprint density at radius 1 is 1.37 bits per heavy atom. The van der Waals surface area contributed by atoms with Crippen LogP contribution in [-0.4, -0.2) is 33.1 Å². The number of piperidine rings is 1. The minimum absolute atomic E-state index is 0.350. The van der Waals surface area contributed by atoms with Gasteiger partial charge in [0.25, 0.3) is 0 Å². The molecule has 1 aliphatic heterocycles. The number of benzene rings is 1. The highest BCUT2D eigenvalue weighted by atomic mass is 19.1. The number of nitrogens with zero attached hydrogens (tertiary/aromatic N) is 5. The fraction of sp³-hybridized carbons (Fsp3) is 0.368. The summed E-state index contributed by atoms with van der Waals surface area (Å²) in [5.74, 6) is -0.350. The molecule has 4 rings (SSSR count). The van der Waals surface area contributed by atoms with Crippen LogP contribution in [0.15, 0.2) is 24.5 Å². The molecular formula is C19H20FN7. The fourth-order valence-electron chi connectivity index (χ4n) is 3.53. The number of nitrogens with one attached hydrogen (secondary N) is 2. The summed E-state index contributed by atoms with van der Waals surface area (Å²) in [6.07, 6.45) is 5.51. The second-order valence-electron chi connectivity index (χ2n) is 6.80. The highest BCUT2D eigenvalue weighted by molar-refractivity contribution is 5.95. The number of nitriles is 1. The third-order valence-electron chi connectivity index (χ3n) is 4.93. The highest BCUT2D eigenvalue weighted by Crippen LogP contribution is 2.29. The second kappa shape index (κ2) is 7.29. The molecule has 138 valence electrons. The maximum Gasteiger partial charge on any atom is 0.124 e. The molecule has 3 heterocycles. The topological polar surface area (TPSA) is 91.5 Å². The number of aryl methyl sites for hydroxylation is 1. The minimum atomic E-state index is -0.350. The van der Waals surface area contributed by atoms with Crippen LogP contribution < -0.4 is 10.6 Å². The molecule has 7 nitrogen and oxygen atoms in total. The third kappa shape index (κ3) is 3.46. The lowest BCUT2D eigenvalue weighted by Gasteiger charge is -2.22. The predicted octanol–water partition coefficient (Wildman–Crippen LogP) is 2.68. The van der Waals surface area contributed by atoms with Crippen LogP contribution in [0.5, 0.6) is 0 Å². The van der Waals surface area contributed by atoms with Crippen molar-refractivity contribution in [1.82, 2.24) is 25.3 Å². The van der Waals surface area contributed by atoms with Gasteiger partial charge in [-0.2, -0.15) is 5.26 Å². The van der Waals surface area contributed by atoms with E-state index in [0.717, 1.165) is 37.2 Å². The largest absolute Gasteiger partial charge is 0.378 e. The van der Waals surface area contributed by atoms with Crippen molar-refractivity contribution >= 4 is 16.6 Å². The minimum Gasteiger partial charge on any atom is -0.378 e. The Hall–Kier alpha value is -3.05. The summed E-state index contributed by atoms with van der Waals surface area (Å²) in [7, 11) is 0. The summed E-state index contributed by atoms with van der Waals surface area (Å²) in [5, 5.41) is 25.1. The molecule has 0 saturated carbocycles. The number of halogens is 1. The summed E-state index contributed by atoms with van der Waals surface area (Å²) < 4.78 is 15.8. The Bertz CT molecular complexity index is 1010. The van der Waals surface area contributed by atoms with E-state index in [4.69, 9.17) is 0 Å². The van der Waals surface area contributed by atoms with E-state index in [0.29, 0.717) is 34.7 Å². The molecule has 0 bridgehead atoms. The van der Waals surface area contributed by atoms with Crippen molar-refractivity contribution in [1.29, 1.82) is 5.26 Å². The normalized spacial score (nSPS) is 15.0. The van der Waals surface area contributed by atoms with Gasteiger partial charge in [0.15, 0.2) is 0 Å². The summed E-state index contributed by atoms with van der Waals surface area (Å²) in [4.78, 5) is 4.31. The van der Waals surface area contributed by atoms with Gasteiger partial charge in [-0.05, 0) is 50.6 Å². The van der Waals surface area contributed by atoms with Crippen LogP contribution in [0, 0.1) is 24.1 Å². The van der Waals surface area contributed by atoms with E-state index < -0.39 is 0 Å². The number of rotatable bonds is 4. The summed E-state index contributed by atoms with van der Waals surface area (Å²) in [5.41, 5.74) is 3.13. The molecule has 0 amide bonds. The van der Waals surface area contributed by atoms with Crippen molar-refractivity contribution in [3.05, 3.63) is 47.2 Å². The van der Waals surface area contributed by atoms with Crippen LogP contribution in [0.1, 0.15) is 35.7 Å². The molecule has 0 aliphatic carbocycles. The highest BCUT2D eigenvalue weighted by Gasteiger charge is 2.17. The molecule has 2 aromatic heterocycles. The van der Waals surface area contributed by atoms with E-state index in [1.54, 1.807) is 6.92 Å². The van der Waals surface area contributed by atoms with Gasteiger partial charge in [0.2, 0.25) is 0 Å². The molecule has 2 N–H and O–H groups in total. The standard InChI is InChI=1S/C19H20FN7/c1-12-6-14(20)7-17-18(12)23-9-13(8-21)19(17)24-10-15-11-27(26-25-15)16-2-4-22-5-3-16/h6-7,9,11,16,22H,2-5,10H2,1H3,(H,23,24). The molecule has 27 heavy (non-hydrogen) atoms. The molecule has 1 saturated heterocycles.